The molecule has 2 unspecified atom stereocenters. The first-order valence-corrected chi connectivity index (χ1v) is 9.57. The highest BCUT2D eigenvalue weighted by atomic mass is 127. The van der Waals surface area contributed by atoms with Gasteiger partial charge in [-0.25, -0.2) is 0 Å². The first-order chi connectivity index (χ1) is 12.7. The lowest BCUT2D eigenvalue weighted by atomic mass is 10.2. The van der Waals surface area contributed by atoms with Gasteiger partial charge in [0.2, 0.25) is 0 Å². The molecule has 2 N–H and O–H groups in total. The first kappa shape index (κ1) is 24.1. The molecule has 0 aromatic heterocycles. The third-order valence-corrected chi connectivity index (χ3v) is 4.67. The Labute approximate surface area is 181 Å². The normalized spacial score (nSPS) is 18.2. The van der Waals surface area contributed by atoms with Crippen molar-refractivity contribution in [3.8, 4) is 0 Å². The van der Waals surface area contributed by atoms with Crippen LogP contribution in [0.25, 0.3) is 0 Å². The zero-order valence-corrected chi connectivity index (χ0v) is 19.1. The summed E-state index contributed by atoms with van der Waals surface area (Å²) >= 11 is 0. The van der Waals surface area contributed by atoms with Crippen molar-refractivity contribution < 1.29 is 9.47 Å². The van der Waals surface area contributed by atoms with Gasteiger partial charge in [-0.2, -0.15) is 0 Å². The Kier molecular flexibility index (Phi) is 12.6. The lowest BCUT2D eigenvalue weighted by Crippen LogP contribution is -2.45. The van der Waals surface area contributed by atoms with E-state index in [1.54, 1.807) is 7.05 Å². The Morgan fingerprint density at radius 3 is 2.78 bits per heavy atom. The van der Waals surface area contributed by atoms with Crippen LogP contribution < -0.4 is 10.6 Å². The molecule has 7 heteroatoms. The van der Waals surface area contributed by atoms with E-state index in [2.05, 4.69) is 64.8 Å². The molecule has 1 aromatic rings. The second-order valence-corrected chi connectivity index (χ2v) is 6.84. The zero-order chi connectivity index (χ0) is 18.6. The van der Waals surface area contributed by atoms with Crippen LogP contribution in [0.15, 0.2) is 35.3 Å². The van der Waals surface area contributed by atoms with Gasteiger partial charge in [0.15, 0.2) is 5.96 Å². The van der Waals surface area contributed by atoms with Crippen LogP contribution in [0.4, 0.5) is 0 Å². The van der Waals surface area contributed by atoms with Crippen molar-refractivity contribution >= 4 is 29.9 Å². The highest BCUT2D eigenvalue weighted by Gasteiger charge is 2.15. The smallest absolute Gasteiger partial charge is 0.191 e. The van der Waals surface area contributed by atoms with Crippen LogP contribution in [-0.4, -0.2) is 70.0 Å². The van der Waals surface area contributed by atoms with E-state index in [0.717, 1.165) is 58.3 Å². The molecule has 0 saturated carbocycles. The van der Waals surface area contributed by atoms with Gasteiger partial charge in [-0.05, 0) is 32.4 Å². The Morgan fingerprint density at radius 2 is 2.11 bits per heavy atom. The van der Waals surface area contributed by atoms with Crippen molar-refractivity contribution in [3.63, 3.8) is 0 Å². The number of aliphatic imine (C=N–C) groups is 1. The molecule has 0 bridgehead atoms. The van der Waals surface area contributed by atoms with Gasteiger partial charge in [0.1, 0.15) is 0 Å². The Morgan fingerprint density at radius 1 is 1.33 bits per heavy atom. The zero-order valence-electron chi connectivity index (χ0n) is 16.8. The predicted octanol–water partition coefficient (Wildman–Crippen LogP) is 2.49. The third-order valence-electron chi connectivity index (χ3n) is 4.67. The van der Waals surface area contributed by atoms with Crippen molar-refractivity contribution in [2.75, 3.05) is 47.0 Å². The van der Waals surface area contributed by atoms with E-state index in [0.29, 0.717) is 6.04 Å². The number of rotatable bonds is 10. The van der Waals surface area contributed by atoms with E-state index in [4.69, 9.17) is 9.47 Å². The molecule has 0 radical (unpaired) electrons. The Balaban J connectivity index is 0.00000364. The van der Waals surface area contributed by atoms with Gasteiger partial charge in [-0.3, -0.25) is 9.89 Å². The predicted molar refractivity (Wildman–Crippen MR) is 122 cm³/mol. The lowest BCUT2D eigenvalue weighted by Gasteiger charge is -2.25. The fourth-order valence-electron chi connectivity index (χ4n) is 2.82. The number of hydrogen-bond acceptors (Lipinski definition) is 4. The average molecular weight is 490 g/mol. The number of likely N-dealkylation sites (N-methyl/N-ethyl adjacent to an activating group) is 1. The number of ether oxygens (including phenoxy) is 2. The molecule has 1 aliphatic heterocycles. The van der Waals surface area contributed by atoms with Crippen molar-refractivity contribution in [1.29, 1.82) is 0 Å². The Hall–Kier alpha value is -0.900. The van der Waals surface area contributed by atoms with Crippen LogP contribution in [0.5, 0.6) is 0 Å². The standard InChI is InChI=1S/C20H34N4O2.HI/c1-17(24(3)15-18-8-5-4-6-9-18)14-23-20(21-2)22-11-7-12-26-19-10-13-25-16-19;/h4-6,8-9,17,19H,7,10-16H2,1-3H3,(H2,21,22,23);1H. The molecule has 1 fully saturated rings. The van der Waals surface area contributed by atoms with E-state index in [-0.39, 0.29) is 30.1 Å². The number of nitrogens with zero attached hydrogens (tertiary/aromatic N) is 2. The minimum Gasteiger partial charge on any atom is -0.379 e. The molecule has 2 rings (SSSR count). The number of guanidine groups is 1. The van der Waals surface area contributed by atoms with E-state index in [1.807, 2.05) is 0 Å². The SMILES string of the molecule is CN=C(NCCCOC1CCOC1)NCC(C)N(C)Cc1ccccc1.I. The molecule has 2 atom stereocenters. The van der Waals surface area contributed by atoms with Crippen LogP contribution >= 0.6 is 24.0 Å². The maximum Gasteiger partial charge on any atom is 0.191 e. The maximum atomic E-state index is 5.77. The number of hydrogen-bond donors (Lipinski definition) is 2. The van der Waals surface area contributed by atoms with Crippen LogP contribution in [0, 0.1) is 0 Å². The van der Waals surface area contributed by atoms with Gasteiger partial charge in [0.05, 0.1) is 12.7 Å². The van der Waals surface area contributed by atoms with E-state index in [9.17, 15) is 0 Å². The molecule has 1 saturated heterocycles. The van der Waals surface area contributed by atoms with Crippen molar-refractivity contribution in [3.05, 3.63) is 35.9 Å². The van der Waals surface area contributed by atoms with Crippen LogP contribution in [0.3, 0.4) is 0 Å². The highest BCUT2D eigenvalue weighted by molar-refractivity contribution is 14.0. The van der Waals surface area contributed by atoms with Crippen molar-refractivity contribution in [2.24, 2.45) is 4.99 Å². The molecule has 1 aliphatic rings. The van der Waals surface area contributed by atoms with Crippen molar-refractivity contribution in [1.82, 2.24) is 15.5 Å². The minimum atomic E-state index is 0. The van der Waals surface area contributed by atoms with Crippen LogP contribution in [-0.2, 0) is 16.0 Å². The van der Waals surface area contributed by atoms with Gasteiger partial charge in [-0.1, -0.05) is 30.3 Å². The molecule has 0 amide bonds. The van der Waals surface area contributed by atoms with Gasteiger partial charge in [0, 0.05) is 45.9 Å². The summed E-state index contributed by atoms with van der Waals surface area (Å²) < 4.78 is 11.1. The summed E-state index contributed by atoms with van der Waals surface area (Å²) in [5.74, 6) is 0.842. The molecular formula is C20H35IN4O2. The molecule has 1 aromatic carbocycles. The summed E-state index contributed by atoms with van der Waals surface area (Å²) in [6.45, 7) is 7.19. The average Bonchev–Trinajstić information content (AvgIpc) is 3.18. The van der Waals surface area contributed by atoms with E-state index in [1.165, 1.54) is 5.56 Å². The molecule has 27 heavy (non-hydrogen) atoms. The summed E-state index contributed by atoms with van der Waals surface area (Å²) in [7, 11) is 3.96. The second kappa shape index (κ2) is 14.1. The van der Waals surface area contributed by atoms with E-state index < -0.39 is 0 Å². The summed E-state index contributed by atoms with van der Waals surface area (Å²) in [5, 5.41) is 6.75. The van der Waals surface area contributed by atoms with Gasteiger partial charge < -0.3 is 20.1 Å². The fraction of sp³-hybridized carbons (Fsp3) is 0.650. The third kappa shape index (κ3) is 9.73. The molecule has 1 heterocycles. The molecule has 154 valence electrons. The molecular weight excluding hydrogens is 455 g/mol. The molecule has 0 aliphatic carbocycles. The van der Waals surface area contributed by atoms with Gasteiger partial charge in [-0.15, -0.1) is 24.0 Å². The fourth-order valence-corrected chi connectivity index (χ4v) is 2.82. The number of benzene rings is 1. The summed E-state index contributed by atoms with van der Waals surface area (Å²) in [5.41, 5.74) is 1.33. The van der Waals surface area contributed by atoms with Crippen LogP contribution in [0.2, 0.25) is 0 Å². The molecule has 6 nitrogen and oxygen atoms in total. The Bertz CT molecular complexity index is 524. The summed E-state index contributed by atoms with van der Waals surface area (Å²) in [6, 6.07) is 11.0. The van der Waals surface area contributed by atoms with E-state index >= 15 is 0 Å². The highest BCUT2D eigenvalue weighted by Crippen LogP contribution is 2.08. The van der Waals surface area contributed by atoms with Gasteiger partial charge in [0.25, 0.3) is 0 Å². The second-order valence-electron chi connectivity index (χ2n) is 6.84. The monoisotopic (exact) mass is 490 g/mol. The van der Waals surface area contributed by atoms with Gasteiger partial charge >= 0.3 is 0 Å². The lowest BCUT2D eigenvalue weighted by molar-refractivity contribution is 0.0420. The van der Waals surface area contributed by atoms with Crippen LogP contribution in [0.1, 0.15) is 25.3 Å². The summed E-state index contributed by atoms with van der Waals surface area (Å²) in [6.07, 6.45) is 2.26. The number of halogens is 1. The van der Waals surface area contributed by atoms with Crippen molar-refractivity contribution in [2.45, 2.75) is 38.5 Å². The first-order valence-electron chi connectivity index (χ1n) is 9.57. The molecule has 0 spiro atoms. The number of nitrogens with one attached hydrogen (secondary N) is 2. The maximum absolute atomic E-state index is 5.77. The summed E-state index contributed by atoms with van der Waals surface area (Å²) in [4.78, 5) is 6.63. The quantitative estimate of drug-likeness (QED) is 0.229. The topological polar surface area (TPSA) is 58.1 Å². The largest absolute Gasteiger partial charge is 0.379 e. The minimum absolute atomic E-state index is 0.